The van der Waals surface area contributed by atoms with Crippen molar-refractivity contribution in [3.63, 3.8) is 0 Å². The van der Waals surface area contributed by atoms with Crippen LogP contribution in [0.15, 0.2) is 0 Å². The lowest BCUT2D eigenvalue weighted by Gasteiger charge is -2.41. The number of piperidine rings is 1. The van der Waals surface area contributed by atoms with Gasteiger partial charge in [-0.1, -0.05) is 20.8 Å². The molecule has 0 aromatic carbocycles. The maximum absolute atomic E-state index is 11.1. The van der Waals surface area contributed by atoms with Crippen molar-refractivity contribution in [3.05, 3.63) is 0 Å². The third-order valence-electron chi connectivity index (χ3n) is 4.49. The summed E-state index contributed by atoms with van der Waals surface area (Å²) in [6.07, 6.45) is 2.28. The highest BCUT2D eigenvalue weighted by Crippen LogP contribution is 2.24. The number of nitrogens with zero attached hydrogens (tertiary/aromatic N) is 2. The van der Waals surface area contributed by atoms with Crippen molar-refractivity contribution in [3.8, 4) is 0 Å². The summed E-state index contributed by atoms with van der Waals surface area (Å²) in [5.41, 5.74) is 0. The summed E-state index contributed by atoms with van der Waals surface area (Å²) in [6.45, 7) is 16.0. The molecule has 1 heterocycles. The maximum Gasteiger partial charge on any atom is 0.302 e. The van der Waals surface area contributed by atoms with Gasteiger partial charge in [-0.3, -0.25) is 4.79 Å². The van der Waals surface area contributed by atoms with Crippen LogP contribution in [-0.4, -0.2) is 60.6 Å². The number of carbonyl (C=O) groups is 1. The Morgan fingerprint density at radius 1 is 1.30 bits per heavy atom. The Morgan fingerprint density at radius 3 is 2.50 bits per heavy atom. The molecule has 1 fully saturated rings. The summed E-state index contributed by atoms with van der Waals surface area (Å²) in [4.78, 5) is 16.1. The molecule has 0 bridgehead atoms. The molecule has 1 aliphatic heterocycles. The number of hydrogen-bond donors (Lipinski definition) is 0. The second-order valence-electron chi connectivity index (χ2n) is 6.09. The fourth-order valence-corrected chi connectivity index (χ4v) is 3.11. The highest BCUT2D eigenvalue weighted by atomic mass is 16.5. The van der Waals surface area contributed by atoms with E-state index in [4.69, 9.17) is 4.74 Å². The minimum absolute atomic E-state index is 0.0986. The number of likely N-dealkylation sites (tertiary alicyclic amines) is 1. The van der Waals surface area contributed by atoms with Crippen molar-refractivity contribution in [1.82, 2.24) is 9.80 Å². The van der Waals surface area contributed by atoms with Gasteiger partial charge in [0.05, 0.1) is 0 Å². The fraction of sp³-hybridized carbons (Fsp3) is 0.938. The van der Waals surface area contributed by atoms with Crippen LogP contribution in [0.2, 0.25) is 0 Å². The van der Waals surface area contributed by atoms with Crippen LogP contribution >= 0.6 is 0 Å². The van der Waals surface area contributed by atoms with Crippen LogP contribution in [0.1, 0.15) is 47.5 Å². The first-order valence-electron chi connectivity index (χ1n) is 8.11. The molecule has 118 valence electrons. The topological polar surface area (TPSA) is 32.8 Å². The van der Waals surface area contributed by atoms with Crippen molar-refractivity contribution < 1.29 is 9.53 Å². The Hall–Kier alpha value is -0.610. The molecule has 1 rings (SSSR count). The van der Waals surface area contributed by atoms with E-state index in [9.17, 15) is 4.79 Å². The first kappa shape index (κ1) is 17.4. The second-order valence-corrected chi connectivity index (χ2v) is 6.09. The summed E-state index contributed by atoms with van der Waals surface area (Å²) >= 11 is 0. The normalized spacial score (nSPS) is 27.8. The molecule has 20 heavy (non-hydrogen) atoms. The molecule has 0 aromatic rings. The van der Waals surface area contributed by atoms with E-state index in [1.54, 1.807) is 0 Å². The molecule has 1 aliphatic rings. The van der Waals surface area contributed by atoms with Gasteiger partial charge in [0.2, 0.25) is 0 Å². The molecule has 0 aromatic heterocycles. The molecule has 0 N–H and O–H groups in total. The van der Waals surface area contributed by atoms with Gasteiger partial charge in [-0.05, 0) is 45.9 Å². The summed E-state index contributed by atoms with van der Waals surface area (Å²) in [5.74, 6) is 0.285. The zero-order valence-electron chi connectivity index (χ0n) is 13.9. The summed E-state index contributed by atoms with van der Waals surface area (Å²) in [6, 6.07) is 0.507. The van der Waals surface area contributed by atoms with Crippen molar-refractivity contribution in [1.29, 1.82) is 0 Å². The minimum atomic E-state index is -0.149. The number of rotatable bonds is 7. The van der Waals surface area contributed by atoms with Crippen LogP contribution in [0.4, 0.5) is 0 Å². The first-order chi connectivity index (χ1) is 9.47. The van der Waals surface area contributed by atoms with Crippen LogP contribution in [0.5, 0.6) is 0 Å². The lowest BCUT2D eigenvalue weighted by Crippen LogP contribution is -2.49. The molecule has 3 atom stereocenters. The third-order valence-corrected chi connectivity index (χ3v) is 4.49. The van der Waals surface area contributed by atoms with Crippen molar-refractivity contribution in [2.45, 2.75) is 59.6 Å². The van der Waals surface area contributed by atoms with E-state index in [-0.39, 0.29) is 12.1 Å². The van der Waals surface area contributed by atoms with Crippen LogP contribution in [0.25, 0.3) is 0 Å². The number of esters is 1. The Labute approximate surface area is 124 Å². The van der Waals surface area contributed by atoms with Crippen LogP contribution in [0.3, 0.4) is 0 Å². The molecule has 0 radical (unpaired) electrons. The average molecular weight is 284 g/mol. The lowest BCUT2D eigenvalue weighted by atomic mass is 9.91. The van der Waals surface area contributed by atoms with E-state index in [0.29, 0.717) is 12.0 Å². The average Bonchev–Trinajstić information content (AvgIpc) is 2.39. The van der Waals surface area contributed by atoms with E-state index in [1.165, 1.54) is 19.9 Å². The lowest BCUT2D eigenvalue weighted by molar-refractivity contribution is -0.153. The molecule has 3 unspecified atom stereocenters. The van der Waals surface area contributed by atoms with Crippen LogP contribution < -0.4 is 0 Å². The van der Waals surface area contributed by atoms with Gasteiger partial charge in [-0.25, -0.2) is 0 Å². The van der Waals surface area contributed by atoms with Gasteiger partial charge >= 0.3 is 5.97 Å². The molecular formula is C16H32N2O2. The van der Waals surface area contributed by atoms with Gasteiger partial charge in [-0.2, -0.15) is 0 Å². The summed E-state index contributed by atoms with van der Waals surface area (Å²) in [5, 5.41) is 0. The number of hydrogen-bond acceptors (Lipinski definition) is 4. The number of ether oxygens (including phenoxy) is 1. The molecule has 0 saturated carbocycles. The standard InChI is InChI=1S/C16H32N2O2/c1-6-17(7-2)9-8-10-18-12-13(3)16(11-14(18)4)20-15(5)19/h13-14,16H,6-12H2,1-5H3. The van der Waals surface area contributed by atoms with Gasteiger partial charge in [0.25, 0.3) is 0 Å². The predicted octanol–water partition coefficient (Wildman–Crippen LogP) is 2.38. The fourth-order valence-electron chi connectivity index (χ4n) is 3.11. The Balaban J connectivity index is 2.36. The van der Waals surface area contributed by atoms with E-state index in [0.717, 1.165) is 32.6 Å². The van der Waals surface area contributed by atoms with Gasteiger partial charge in [-0.15, -0.1) is 0 Å². The Kier molecular flexibility index (Phi) is 7.52. The van der Waals surface area contributed by atoms with E-state index >= 15 is 0 Å². The van der Waals surface area contributed by atoms with Gasteiger partial charge in [0.1, 0.15) is 6.10 Å². The highest BCUT2D eigenvalue weighted by molar-refractivity contribution is 5.66. The summed E-state index contributed by atoms with van der Waals surface area (Å²) < 4.78 is 5.43. The zero-order valence-corrected chi connectivity index (χ0v) is 13.9. The molecule has 4 nitrogen and oxygen atoms in total. The maximum atomic E-state index is 11.1. The van der Waals surface area contributed by atoms with Crippen molar-refractivity contribution >= 4 is 5.97 Å². The van der Waals surface area contributed by atoms with Gasteiger partial charge in [0, 0.05) is 25.4 Å². The number of carbonyl (C=O) groups excluding carboxylic acids is 1. The van der Waals surface area contributed by atoms with Crippen LogP contribution in [0, 0.1) is 5.92 Å². The monoisotopic (exact) mass is 284 g/mol. The Morgan fingerprint density at radius 2 is 1.95 bits per heavy atom. The third kappa shape index (κ3) is 5.41. The first-order valence-corrected chi connectivity index (χ1v) is 8.11. The quantitative estimate of drug-likeness (QED) is 0.672. The predicted molar refractivity (Wildman–Crippen MR) is 82.8 cm³/mol. The molecular weight excluding hydrogens is 252 g/mol. The SMILES string of the molecule is CCN(CC)CCCN1CC(C)C(OC(C)=O)CC1C. The van der Waals surface area contributed by atoms with E-state index in [2.05, 4.69) is 37.5 Å². The van der Waals surface area contributed by atoms with Gasteiger partial charge < -0.3 is 14.5 Å². The highest BCUT2D eigenvalue weighted by Gasteiger charge is 2.32. The smallest absolute Gasteiger partial charge is 0.302 e. The van der Waals surface area contributed by atoms with Gasteiger partial charge in [0.15, 0.2) is 0 Å². The zero-order chi connectivity index (χ0) is 15.1. The Bertz CT molecular complexity index is 292. The molecule has 0 aliphatic carbocycles. The largest absolute Gasteiger partial charge is 0.462 e. The minimum Gasteiger partial charge on any atom is -0.462 e. The summed E-state index contributed by atoms with van der Waals surface area (Å²) in [7, 11) is 0. The van der Waals surface area contributed by atoms with E-state index < -0.39 is 0 Å². The molecule has 1 saturated heterocycles. The molecule has 0 amide bonds. The van der Waals surface area contributed by atoms with Crippen LogP contribution in [-0.2, 0) is 9.53 Å². The van der Waals surface area contributed by atoms with E-state index in [1.807, 2.05) is 0 Å². The van der Waals surface area contributed by atoms with Crippen molar-refractivity contribution in [2.24, 2.45) is 5.92 Å². The molecule has 0 spiro atoms. The second kappa shape index (κ2) is 8.63. The molecule has 4 heteroatoms. The van der Waals surface area contributed by atoms with Crippen molar-refractivity contribution in [2.75, 3.05) is 32.7 Å².